The normalized spacial score (nSPS) is 16.2. The van der Waals surface area contributed by atoms with Gasteiger partial charge in [0, 0.05) is 13.1 Å². The van der Waals surface area contributed by atoms with Crippen molar-refractivity contribution in [3.05, 3.63) is 60.2 Å². The van der Waals surface area contributed by atoms with Crippen LogP contribution >= 0.6 is 0 Å². The Kier molecular flexibility index (Phi) is 6.32. The maximum Gasteiger partial charge on any atom is 0.203 e. The minimum Gasteiger partial charge on any atom is -0.491 e. The van der Waals surface area contributed by atoms with Crippen molar-refractivity contribution in [2.45, 2.75) is 38.5 Å². The molecule has 1 saturated heterocycles. The molecule has 4 rings (SSSR count). The molecular formula is C23H30N4O2. The minimum absolute atomic E-state index is 0.198. The van der Waals surface area contributed by atoms with Crippen LogP contribution in [0.4, 0.5) is 0 Å². The van der Waals surface area contributed by atoms with Gasteiger partial charge >= 0.3 is 0 Å². The first-order valence-corrected chi connectivity index (χ1v) is 10.5. The molecule has 1 aromatic heterocycles. The Labute approximate surface area is 171 Å². The molecular weight excluding hydrogens is 364 g/mol. The zero-order valence-corrected chi connectivity index (χ0v) is 16.8. The van der Waals surface area contributed by atoms with Crippen LogP contribution in [-0.2, 0) is 13.1 Å². The summed E-state index contributed by atoms with van der Waals surface area (Å²) in [5.41, 5.74) is 2.46. The summed E-state index contributed by atoms with van der Waals surface area (Å²) in [6.07, 6.45) is 3.18. The molecule has 1 aliphatic heterocycles. The summed E-state index contributed by atoms with van der Waals surface area (Å²) in [6, 6.07) is 17.6. The molecule has 6 heteroatoms. The van der Waals surface area contributed by atoms with Crippen LogP contribution in [0.15, 0.2) is 54.6 Å². The molecule has 1 aliphatic rings. The fourth-order valence-electron chi connectivity index (χ4n) is 4.10. The second-order valence-electron chi connectivity index (χ2n) is 7.75. The van der Waals surface area contributed by atoms with Gasteiger partial charge in [-0.3, -0.25) is 5.41 Å². The lowest BCUT2D eigenvalue weighted by Crippen LogP contribution is -2.36. The number of aliphatic hydroxyl groups excluding tert-OH is 1. The highest BCUT2D eigenvalue weighted by atomic mass is 16.5. The molecule has 2 N–H and O–H groups in total. The van der Waals surface area contributed by atoms with Crippen molar-refractivity contribution in [3.63, 3.8) is 0 Å². The molecule has 29 heavy (non-hydrogen) atoms. The summed E-state index contributed by atoms with van der Waals surface area (Å²) in [5, 5.41) is 19.3. The van der Waals surface area contributed by atoms with E-state index in [2.05, 4.69) is 15.5 Å². The molecule has 2 aromatic carbocycles. The number of nitrogens with zero attached hydrogens (tertiary/aromatic N) is 3. The van der Waals surface area contributed by atoms with Crippen LogP contribution in [0.3, 0.4) is 0 Å². The Balaban J connectivity index is 1.48. The SMILES string of the molecule is N=c1n(CCN2CCCCC2)c2ccccc2n1C[C@@H](O)COc1ccccc1. The van der Waals surface area contributed by atoms with Gasteiger partial charge in [0.2, 0.25) is 5.62 Å². The lowest BCUT2D eigenvalue weighted by atomic mass is 10.1. The molecule has 0 bridgehead atoms. The second-order valence-corrected chi connectivity index (χ2v) is 7.75. The number of benzene rings is 2. The number of aromatic nitrogens is 2. The summed E-state index contributed by atoms with van der Waals surface area (Å²) >= 11 is 0. The van der Waals surface area contributed by atoms with Gasteiger partial charge in [-0.15, -0.1) is 0 Å². The number of aliphatic hydroxyl groups is 1. The topological polar surface area (TPSA) is 66.4 Å². The maximum absolute atomic E-state index is 10.5. The van der Waals surface area contributed by atoms with Crippen molar-refractivity contribution < 1.29 is 9.84 Å². The highest BCUT2D eigenvalue weighted by Gasteiger charge is 2.16. The van der Waals surface area contributed by atoms with Crippen LogP contribution in [0.25, 0.3) is 11.0 Å². The molecule has 2 heterocycles. The van der Waals surface area contributed by atoms with E-state index < -0.39 is 6.10 Å². The van der Waals surface area contributed by atoms with Crippen molar-refractivity contribution in [3.8, 4) is 5.75 Å². The maximum atomic E-state index is 10.5. The van der Waals surface area contributed by atoms with Gasteiger partial charge in [-0.05, 0) is 50.2 Å². The van der Waals surface area contributed by atoms with Gasteiger partial charge in [-0.2, -0.15) is 0 Å². The Bertz CT molecular complexity index is 973. The van der Waals surface area contributed by atoms with E-state index in [0.717, 1.165) is 43.0 Å². The number of fused-ring (bicyclic) bond motifs is 1. The Morgan fingerprint density at radius 1 is 0.862 bits per heavy atom. The molecule has 1 fully saturated rings. The van der Waals surface area contributed by atoms with Crippen LogP contribution in [0.2, 0.25) is 0 Å². The molecule has 1 atom stereocenters. The Morgan fingerprint density at radius 3 is 2.24 bits per heavy atom. The highest BCUT2D eigenvalue weighted by Crippen LogP contribution is 2.15. The van der Waals surface area contributed by atoms with E-state index in [1.807, 2.05) is 53.1 Å². The lowest BCUT2D eigenvalue weighted by Gasteiger charge is -2.26. The summed E-state index contributed by atoms with van der Waals surface area (Å²) < 4.78 is 9.65. The van der Waals surface area contributed by atoms with Gasteiger partial charge in [0.25, 0.3) is 0 Å². The van der Waals surface area contributed by atoms with E-state index in [0.29, 0.717) is 12.2 Å². The average Bonchev–Trinajstić information content (AvgIpc) is 3.03. The zero-order chi connectivity index (χ0) is 20.1. The lowest BCUT2D eigenvalue weighted by molar-refractivity contribution is 0.0920. The average molecular weight is 395 g/mol. The number of ether oxygens (including phenoxy) is 1. The first-order valence-electron chi connectivity index (χ1n) is 10.5. The number of rotatable bonds is 8. The summed E-state index contributed by atoms with van der Waals surface area (Å²) in [5.74, 6) is 0.742. The van der Waals surface area contributed by atoms with Gasteiger partial charge < -0.3 is 23.9 Å². The predicted molar refractivity (Wildman–Crippen MR) is 114 cm³/mol. The van der Waals surface area contributed by atoms with Crippen LogP contribution in [-0.4, -0.2) is 51.5 Å². The number of nitrogens with one attached hydrogen (secondary N) is 1. The van der Waals surface area contributed by atoms with Gasteiger partial charge in [0.1, 0.15) is 18.5 Å². The number of imidazole rings is 1. The number of para-hydroxylation sites is 3. The fourth-order valence-corrected chi connectivity index (χ4v) is 4.10. The number of likely N-dealkylation sites (tertiary alicyclic amines) is 1. The Hall–Kier alpha value is -2.57. The third kappa shape index (κ3) is 4.71. The first-order chi connectivity index (χ1) is 14.2. The van der Waals surface area contributed by atoms with Crippen molar-refractivity contribution >= 4 is 11.0 Å². The third-order valence-electron chi connectivity index (χ3n) is 5.64. The number of hydrogen-bond acceptors (Lipinski definition) is 4. The van der Waals surface area contributed by atoms with Crippen LogP contribution in [0, 0.1) is 5.41 Å². The Morgan fingerprint density at radius 2 is 1.52 bits per heavy atom. The van der Waals surface area contributed by atoms with Crippen LogP contribution in [0.1, 0.15) is 19.3 Å². The van der Waals surface area contributed by atoms with E-state index in [9.17, 15) is 5.11 Å². The standard InChI is InChI=1S/C23H30N4O2/c24-23-26(16-15-25-13-7-2-8-14-25)21-11-5-6-12-22(21)27(23)17-19(28)18-29-20-9-3-1-4-10-20/h1,3-6,9-12,19,24,28H,2,7-8,13-18H2/t19-/m1/s1. The summed E-state index contributed by atoms with van der Waals surface area (Å²) in [4.78, 5) is 2.49. The van der Waals surface area contributed by atoms with Gasteiger partial charge in [-0.1, -0.05) is 36.8 Å². The fraction of sp³-hybridized carbons (Fsp3) is 0.435. The minimum atomic E-state index is -0.689. The monoisotopic (exact) mass is 394 g/mol. The number of piperidine rings is 1. The van der Waals surface area contributed by atoms with Crippen molar-refractivity contribution in [2.24, 2.45) is 0 Å². The molecule has 0 unspecified atom stereocenters. The van der Waals surface area contributed by atoms with Crippen molar-refractivity contribution in [1.29, 1.82) is 5.41 Å². The first kappa shape index (κ1) is 19.7. The van der Waals surface area contributed by atoms with Gasteiger partial charge in [-0.25, -0.2) is 0 Å². The predicted octanol–water partition coefficient (Wildman–Crippen LogP) is 2.85. The van der Waals surface area contributed by atoms with E-state index in [-0.39, 0.29) is 6.61 Å². The van der Waals surface area contributed by atoms with Gasteiger partial charge in [0.15, 0.2) is 0 Å². The molecule has 6 nitrogen and oxygen atoms in total. The van der Waals surface area contributed by atoms with E-state index in [4.69, 9.17) is 10.1 Å². The van der Waals surface area contributed by atoms with Crippen molar-refractivity contribution in [1.82, 2.24) is 14.0 Å². The quantitative estimate of drug-likeness (QED) is 0.617. The molecule has 154 valence electrons. The number of hydrogen-bond donors (Lipinski definition) is 2. The van der Waals surface area contributed by atoms with E-state index in [1.165, 1.54) is 19.3 Å². The summed E-state index contributed by atoms with van der Waals surface area (Å²) in [6.45, 7) is 4.60. The largest absolute Gasteiger partial charge is 0.491 e. The molecule has 0 radical (unpaired) electrons. The highest BCUT2D eigenvalue weighted by molar-refractivity contribution is 5.75. The van der Waals surface area contributed by atoms with E-state index >= 15 is 0 Å². The van der Waals surface area contributed by atoms with Crippen molar-refractivity contribution in [2.75, 3.05) is 26.2 Å². The molecule has 3 aromatic rings. The second kappa shape index (κ2) is 9.29. The third-order valence-corrected chi connectivity index (χ3v) is 5.64. The smallest absolute Gasteiger partial charge is 0.203 e. The van der Waals surface area contributed by atoms with Crippen LogP contribution in [0.5, 0.6) is 5.75 Å². The molecule has 0 aliphatic carbocycles. The molecule has 0 saturated carbocycles. The van der Waals surface area contributed by atoms with Gasteiger partial charge in [0.05, 0.1) is 17.6 Å². The van der Waals surface area contributed by atoms with Crippen LogP contribution < -0.4 is 10.4 Å². The molecule has 0 spiro atoms. The zero-order valence-electron chi connectivity index (χ0n) is 16.8. The summed E-state index contributed by atoms with van der Waals surface area (Å²) in [7, 11) is 0. The molecule has 0 amide bonds. The van der Waals surface area contributed by atoms with E-state index in [1.54, 1.807) is 0 Å².